The minimum atomic E-state index is -0.293. The molecule has 0 aliphatic carbocycles. The van der Waals surface area contributed by atoms with Crippen molar-refractivity contribution in [2.24, 2.45) is 0 Å². The molecule has 4 heterocycles. The average Bonchev–Trinajstić information content (AvgIpc) is 3.14. The summed E-state index contributed by atoms with van der Waals surface area (Å²) >= 11 is 0. The van der Waals surface area contributed by atoms with Crippen molar-refractivity contribution >= 4 is 22.8 Å². The normalized spacial score (nSPS) is 16.3. The van der Waals surface area contributed by atoms with E-state index in [-0.39, 0.29) is 18.0 Å². The Morgan fingerprint density at radius 1 is 1.12 bits per heavy atom. The number of fused-ring (bicyclic) bond motifs is 1. The molecule has 8 nitrogen and oxygen atoms in total. The summed E-state index contributed by atoms with van der Waals surface area (Å²) in [6.07, 6.45) is 3.10. The number of hydrogen-bond acceptors (Lipinski definition) is 6. The zero-order valence-electron chi connectivity index (χ0n) is 18.7. The molecule has 0 bridgehead atoms. The third-order valence-corrected chi connectivity index (χ3v) is 6.04. The number of anilines is 1. The fraction of sp³-hybridized carbons (Fsp3) is 0.280. The predicted octanol–water partition coefficient (Wildman–Crippen LogP) is 3.29. The molecule has 2 N–H and O–H groups in total. The molecular formula is C25H26N6O2. The zero-order valence-corrected chi connectivity index (χ0v) is 18.7. The van der Waals surface area contributed by atoms with E-state index in [4.69, 9.17) is 15.5 Å². The van der Waals surface area contributed by atoms with Crippen molar-refractivity contribution in [2.75, 3.05) is 25.4 Å². The van der Waals surface area contributed by atoms with Crippen molar-refractivity contribution in [1.82, 2.24) is 24.4 Å². The number of benzene rings is 1. The van der Waals surface area contributed by atoms with Gasteiger partial charge in [0.25, 0.3) is 0 Å². The fourth-order valence-electron chi connectivity index (χ4n) is 4.36. The highest BCUT2D eigenvalue weighted by atomic mass is 16.5. The Labute approximate surface area is 192 Å². The van der Waals surface area contributed by atoms with E-state index in [1.165, 1.54) is 0 Å². The van der Waals surface area contributed by atoms with Gasteiger partial charge in [-0.05, 0) is 49.1 Å². The molecule has 1 aliphatic rings. The Morgan fingerprint density at radius 3 is 2.73 bits per heavy atom. The van der Waals surface area contributed by atoms with Gasteiger partial charge in [0.15, 0.2) is 0 Å². The maximum absolute atomic E-state index is 13.2. The van der Waals surface area contributed by atoms with E-state index in [2.05, 4.69) is 32.7 Å². The van der Waals surface area contributed by atoms with Gasteiger partial charge in [0, 0.05) is 41.4 Å². The van der Waals surface area contributed by atoms with Crippen LogP contribution >= 0.6 is 0 Å². The SMILES string of the molecule is Cc1cc(-c2cnc(N)nc2)cc([C@H]2CN(C(=O)Cn3c(C)cc4ccccc43)CCO2)n1. The van der Waals surface area contributed by atoms with Crippen molar-refractivity contribution in [2.45, 2.75) is 26.5 Å². The number of hydrogen-bond donors (Lipinski definition) is 1. The van der Waals surface area contributed by atoms with Crippen LogP contribution < -0.4 is 5.73 Å². The molecule has 4 aromatic rings. The largest absolute Gasteiger partial charge is 0.368 e. The van der Waals surface area contributed by atoms with E-state index in [9.17, 15) is 4.79 Å². The van der Waals surface area contributed by atoms with Crippen LogP contribution in [0.4, 0.5) is 5.95 Å². The van der Waals surface area contributed by atoms with E-state index in [0.717, 1.165) is 39.1 Å². The number of carbonyl (C=O) groups is 1. The van der Waals surface area contributed by atoms with Gasteiger partial charge in [-0.3, -0.25) is 9.78 Å². The highest BCUT2D eigenvalue weighted by Crippen LogP contribution is 2.27. The van der Waals surface area contributed by atoms with Gasteiger partial charge < -0.3 is 19.9 Å². The first-order chi connectivity index (χ1) is 16.0. The van der Waals surface area contributed by atoms with E-state index >= 15 is 0 Å². The minimum absolute atomic E-state index is 0.0764. The quantitative estimate of drug-likeness (QED) is 0.521. The number of carbonyl (C=O) groups excluding carboxylic acids is 1. The number of morpholine rings is 1. The highest BCUT2D eigenvalue weighted by molar-refractivity contribution is 5.84. The molecule has 8 heteroatoms. The van der Waals surface area contributed by atoms with E-state index in [1.54, 1.807) is 12.4 Å². The van der Waals surface area contributed by atoms with Crippen LogP contribution in [-0.2, 0) is 16.1 Å². The number of rotatable bonds is 4. The molecule has 1 fully saturated rings. The van der Waals surface area contributed by atoms with Gasteiger partial charge in [-0.2, -0.15) is 0 Å². The Balaban J connectivity index is 1.36. The second kappa shape index (κ2) is 8.63. The van der Waals surface area contributed by atoms with Crippen molar-refractivity contribution < 1.29 is 9.53 Å². The van der Waals surface area contributed by atoms with E-state index in [1.807, 2.05) is 43.0 Å². The number of nitrogens with two attached hydrogens (primary N) is 1. The molecular weight excluding hydrogens is 416 g/mol. The summed E-state index contributed by atoms with van der Waals surface area (Å²) in [7, 11) is 0. The minimum Gasteiger partial charge on any atom is -0.368 e. The maximum Gasteiger partial charge on any atom is 0.242 e. The maximum atomic E-state index is 13.2. The predicted molar refractivity (Wildman–Crippen MR) is 126 cm³/mol. The first kappa shape index (κ1) is 21.1. The monoisotopic (exact) mass is 442 g/mol. The molecule has 1 atom stereocenters. The molecule has 1 aromatic carbocycles. The topological polar surface area (TPSA) is 99.2 Å². The standard InChI is InChI=1S/C25H26N6O2/c1-16-9-19(20-12-27-25(26)28-13-20)11-21(29-16)23-14-30(7-8-33-23)24(32)15-31-17(2)10-18-5-3-4-6-22(18)31/h3-6,9-13,23H,7-8,14-15H2,1-2H3,(H2,26,27,28)/t23-/m1/s1. The van der Waals surface area contributed by atoms with Gasteiger partial charge in [0.05, 0.1) is 18.8 Å². The van der Waals surface area contributed by atoms with Gasteiger partial charge in [0.1, 0.15) is 12.6 Å². The lowest BCUT2D eigenvalue weighted by atomic mass is 10.1. The van der Waals surface area contributed by atoms with Gasteiger partial charge in [0.2, 0.25) is 11.9 Å². The van der Waals surface area contributed by atoms with E-state index in [0.29, 0.717) is 26.2 Å². The van der Waals surface area contributed by atoms with Crippen molar-refractivity contribution in [3.8, 4) is 11.1 Å². The van der Waals surface area contributed by atoms with Crippen molar-refractivity contribution in [3.05, 3.63) is 71.9 Å². The molecule has 1 saturated heterocycles. The van der Waals surface area contributed by atoms with E-state index < -0.39 is 0 Å². The van der Waals surface area contributed by atoms with Crippen LogP contribution in [0.3, 0.4) is 0 Å². The number of nitrogen functional groups attached to an aromatic ring is 1. The second-order valence-electron chi connectivity index (χ2n) is 8.38. The molecule has 5 rings (SSSR count). The van der Waals surface area contributed by atoms with Crippen LogP contribution in [-0.4, -0.2) is 50.0 Å². The first-order valence-electron chi connectivity index (χ1n) is 11.0. The van der Waals surface area contributed by atoms with Gasteiger partial charge in [-0.25, -0.2) is 9.97 Å². The van der Waals surface area contributed by atoms with Crippen LogP contribution in [0.5, 0.6) is 0 Å². The first-order valence-corrected chi connectivity index (χ1v) is 11.0. The lowest BCUT2D eigenvalue weighted by molar-refractivity contribution is -0.139. The zero-order chi connectivity index (χ0) is 22.9. The van der Waals surface area contributed by atoms with Gasteiger partial charge in [-0.15, -0.1) is 0 Å². The van der Waals surface area contributed by atoms with Crippen LogP contribution in [0.15, 0.2) is 54.9 Å². The Kier molecular flexibility index (Phi) is 5.51. The van der Waals surface area contributed by atoms with Crippen molar-refractivity contribution in [3.63, 3.8) is 0 Å². The molecule has 0 saturated carbocycles. The second-order valence-corrected chi connectivity index (χ2v) is 8.38. The average molecular weight is 443 g/mol. The fourth-order valence-corrected chi connectivity index (χ4v) is 4.36. The molecule has 1 amide bonds. The van der Waals surface area contributed by atoms with Crippen LogP contribution in [0.1, 0.15) is 23.2 Å². The third-order valence-electron chi connectivity index (χ3n) is 6.04. The summed E-state index contributed by atoms with van der Waals surface area (Å²) in [5, 5.41) is 1.14. The smallest absolute Gasteiger partial charge is 0.242 e. The Morgan fingerprint density at radius 2 is 1.91 bits per heavy atom. The summed E-state index contributed by atoms with van der Waals surface area (Å²) in [6.45, 7) is 5.79. The molecule has 33 heavy (non-hydrogen) atoms. The summed E-state index contributed by atoms with van der Waals surface area (Å²) in [5.41, 5.74) is 11.2. The van der Waals surface area contributed by atoms with Gasteiger partial charge in [-0.1, -0.05) is 18.2 Å². The van der Waals surface area contributed by atoms with Crippen molar-refractivity contribution in [1.29, 1.82) is 0 Å². The molecule has 3 aromatic heterocycles. The highest BCUT2D eigenvalue weighted by Gasteiger charge is 2.27. The van der Waals surface area contributed by atoms with Gasteiger partial charge >= 0.3 is 0 Å². The molecule has 1 aliphatic heterocycles. The third kappa shape index (κ3) is 4.29. The summed E-state index contributed by atoms with van der Waals surface area (Å²) in [5.74, 6) is 0.313. The van der Waals surface area contributed by atoms with Crippen LogP contribution in [0.25, 0.3) is 22.0 Å². The Bertz CT molecular complexity index is 1310. The summed E-state index contributed by atoms with van der Waals surface area (Å²) < 4.78 is 8.10. The molecule has 0 spiro atoms. The summed E-state index contributed by atoms with van der Waals surface area (Å²) in [4.78, 5) is 28.0. The molecule has 0 unspecified atom stereocenters. The number of nitrogens with zero attached hydrogens (tertiary/aromatic N) is 5. The van der Waals surface area contributed by atoms with Crippen LogP contribution in [0.2, 0.25) is 0 Å². The number of ether oxygens (including phenoxy) is 1. The summed E-state index contributed by atoms with van der Waals surface area (Å²) in [6, 6.07) is 14.2. The number of aryl methyl sites for hydroxylation is 2. The van der Waals surface area contributed by atoms with Crippen LogP contribution in [0, 0.1) is 13.8 Å². The number of amides is 1. The number of aromatic nitrogens is 4. The number of para-hydroxylation sites is 1. The molecule has 0 radical (unpaired) electrons. The lowest BCUT2D eigenvalue weighted by Gasteiger charge is -2.33. The molecule has 168 valence electrons. The number of pyridine rings is 1. The Hall–Kier alpha value is -3.78. The lowest BCUT2D eigenvalue weighted by Crippen LogP contribution is -2.44.